The van der Waals surface area contributed by atoms with Crippen LogP contribution in [-0.2, 0) is 28.5 Å². The Bertz CT molecular complexity index is 464. The fourth-order valence-corrected chi connectivity index (χ4v) is 2.45. The van der Waals surface area contributed by atoms with E-state index in [9.17, 15) is 4.79 Å². The number of hydrogen-bond donors (Lipinski definition) is 0. The number of carbonyl (C=O) groups excluding carboxylic acids is 1. The van der Waals surface area contributed by atoms with Gasteiger partial charge < -0.3 is 23.7 Å². The lowest BCUT2D eigenvalue weighted by molar-refractivity contribution is -0.158. The zero-order valence-corrected chi connectivity index (χ0v) is 14.3. The molecule has 6 nitrogen and oxygen atoms in total. The van der Waals surface area contributed by atoms with E-state index in [1.54, 1.807) is 0 Å². The summed E-state index contributed by atoms with van der Waals surface area (Å²) in [6, 6.07) is 0. The van der Waals surface area contributed by atoms with Crippen molar-refractivity contribution in [2.24, 2.45) is 0 Å². The minimum absolute atomic E-state index is 0.160. The van der Waals surface area contributed by atoms with E-state index < -0.39 is 5.97 Å². The molecule has 0 saturated carbocycles. The van der Waals surface area contributed by atoms with Gasteiger partial charge in [0.2, 0.25) is 0 Å². The van der Waals surface area contributed by atoms with E-state index in [-0.39, 0.29) is 19.2 Å². The summed E-state index contributed by atoms with van der Waals surface area (Å²) < 4.78 is 27.0. The fourth-order valence-electron chi connectivity index (χ4n) is 2.45. The summed E-state index contributed by atoms with van der Waals surface area (Å²) in [5.74, 6) is 4.63. The molecule has 2 atom stereocenters. The topological polar surface area (TPSA) is 63.2 Å². The lowest BCUT2D eigenvalue weighted by Crippen LogP contribution is -2.23. The predicted molar refractivity (Wildman–Crippen MR) is 87.0 cm³/mol. The van der Waals surface area contributed by atoms with E-state index in [0.717, 1.165) is 51.7 Å². The molecule has 0 spiro atoms. The highest BCUT2D eigenvalue weighted by atomic mass is 16.7. The van der Waals surface area contributed by atoms with Gasteiger partial charge in [-0.2, -0.15) is 0 Å². The van der Waals surface area contributed by atoms with Crippen LogP contribution in [0.15, 0.2) is 11.6 Å². The van der Waals surface area contributed by atoms with Crippen LogP contribution in [0, 0.1) is 11.8 Å². The first-order valence-electron chi connectivity index (χ1n) is 8.53. The van der Waals surface area contributed by atoms with Crippen LogP contribution in [0.5, 0.6) is 0 Å². The molecule has 2 aliphatic heterocycles. The number of hydrogen-bond acceptors (Lipinski definition) is 6. The lowest BCUT2D eigenvalue weighted by atomic mass is 10.2. The van der Waals surface area contributed by atoms with Crippen molar-refractivity contribution in [3.63, 3.8) is 0 Å². The average Bonchev–Trinajstić information content (AvgIpc) is 2.65. The summed E-state index contributed by atoms with van der Waals surface area (Å²) in [5, 5.41) is 0. The van der Waals surface area contributed by atoms with Crippen molar-refractivity contribution in [3.8, 4) is 11.8 Å². The van der Waals surface area contributed by atoms with Crippen molar-refractivity contribution in [2.45, 2.75) is 51.1 Å². The van der Waals surface area contributed by atoms with Crippen molar-refractivity contribution in [2.75, 3.05) is 33.5 Å². The number of methoxy groups -OCH3 is 1. The minimum Gasteiger partial charge on any atom is -0.459 e. The minimum atomic E-state index is -0.577. The SMILES string of the molecule is COC(=O)C#C/C(=C/COC1CCCCO1)COC1CCCCO1. The van der Waals surface area contributed by atoms with Gasteiger partial charge in [0.15, 0.2) is 12.6 Å². The van der Waals surface area contributed by atoms with Crippen LogP contribution in [0.25, 0.3) is 0 Å². The molecular formula is C18H26O6. The molecule has 24 heavy (non-hydrogen) atoms. The van der Waals surface area contributed by atoms with Gasteiger partial charge in [0, 0.05) is 24.7 Å². The second kappa shape index (κ2) is 11.2. The molecule has 2 saturated heterocycles. The summed E-state index contributed by atoms with van der Waals surface area (Å²) in [6.45, 7) is 2.11. The van der Waals surface area contributed by atoms with Gasteiger partial charge in [-0.05, 0) is 44.6 Å². The maximum atomic E-state index is 11.2. The van der Waals surface area contributed by atoms with Gasteiger partial charge >= 0.3 is 5.97 Å². The predicted octanol–water partition coefficient (Wildman–Crippen LogP) is 2.18. The first-order chi connectivity index (χ1) is 11.8. The standard InChI is InChI=1S/C18H26O6/c1-20-16(19)9-8-15(14-24-18-7-3-5-12-22-18)10-13-23-17-6-2-4-11-21-17/h10,17-18H,2-7,11-14H2,1H3/b15-10-. The van der Waals surface area contributed by atoms with Crippen molar-refractivity contribution in [1.82, 2.24) is 0 Å². The zero-order chi connectivity index (χ0) is 17.0. The molecule has 0 amide bonds. The van der Waals surface area contributed by atoms with Gasteiger partial charge in [0.1, 0.15) is 0 Å². The van der Waals surface area contributed by atoms with Gasteiger partial charge in [-0.25, -0.2) is 4.79 Å². The van der Waals surface area contributed by atoms with E-state index in [1.807, 2.05) is 6.08 Å². The number of ether oxygens (including phenoxy) is 5. The van der Waals surface area contributed by atoms with Crippen molar-refractivity contribution in [1.29, 1.82) is 0 Å². The maximum Gasteiger partial charge on any atom is 0.384 e. The summed E-state index contributed by atoms with van der Waals surface area (Å²) in [4.78, 5) is 11.2. The van der Waals surface area contributed by atoms with Gasteiger partial charge in [-0.15, -0.1) is 0 Å². The molecule has 0 aliphatic carbocycles. The van der Waals surface area contributed by atoms with Crippen LogP contribution in [0.1, 0.15) is 38.5 Å². The van der Waals surface area contributed by atoms with Gasteiger partial charge in [-0.1, -0.05) is 5.92 Å². The molecule has 2 fully saturated rings. The third-order valence-electron chi connectivity index (χ3n) is 3.82. The molecular weight excluding hydrogens is 312 g/mol. The van der Waals surface area contributed by atoms with Gasteiger partial charge in [0.25, 0.3) is 0 Å². The monoisotopic (exact) mass is 338 g/mol. The van der Waals surface area contributed by atoms with Crippen LogP contribution in [-0.4, -0.2) is 52.1 Å². The smallest absolute Gasteiger partial charge is 0.384 e. The molecule has 0 radical (unpaired) electrons. The molecule has 2 rings (SSSR count). The Labute approximate surface area is 143 Å². The number of esters is 1. The van der Waals surface area contributed by atoms with Crippen LogP contribution in [0.3, 0.4) is 0 Å². The molecule has 6 heteroatoms. The van der Waals surface area contributed by atoms with Gasteiger partial charge in [0.05, 0.1) is 20.3 Å². The Hall–Kier alpha value is -1.39. The third-order valence-corrected chi connectivity index (χ3v) is 3.82. The quantitative estimate of drug-likeness (QED) is 0.420. The normalized spacial score (nSPS) is 24.8. The van der Waals surface area contributed by atoms with Crippen LogP contribution < -0.4 is 0 Å². The zero-order valence-electron chi connectivity index (χ0n) is 14.3. The average molecular weight is 338 g/mol. The van der Waals surface area contributed by atoms with Crippen LogP contribution in [0.2, 0.25) is 0 Å². The lowest BCUT2D eigenvalue weighted by Gasteiger charge is -2.23. The first-order valence-corrected chi connectivity index (χ1v) is 8.53. The first kappa shape index (κ1) is 18.9. The number of rotatable bonds is 6. The van der Waals surface area contributed by atoms with E-state index >= 15 is 0 Å². The van der Waals surface area contributed by atoms with Gasteiger partial charge in [-0.3, -0.25) is 0 Å². The molecule has 2 unspecified atom stereocenters. The summed E-state index contributed by atoms with van der Waals surface area (Å²) in [6.07, 6.45) is 7.60. The molecule has 2 aliphatic rings. The Kier molecular flexibility index (Phi) is 8.85. The Morgan fingerprint density at radius 3 is 2.29 bits per heavy atom. The van der Waals surface area contributed by atoms with Crippen LogP contribution in [0.4, 0.5) is 0 Å². The van der Waals surface area contributed by atoms with Crippen molar-refractivity contribution < 1.29 is 28.5 Å². The molecule has 0 aromatic carbocycles. The second-order valence-electron chi connectivity index (χ2n) is 5.71. The Morgan fingerprint density at radius 1 is 1.04 bits per heavy atom. The number of carbonyl (C=O) groups is 1. The molecule has 0 aromatic rings. The highest BCUT2D eigenvalue weighted by molar-refractivity contribution is 5.88. The fraction of sp³-hybridized carbons (Fsp3) is 0.722. The van der Waals surface area contributed by atoms with E-state index in [0.29, 0.717) is 12.2 Å². The van der Waals surface area contributed by atoms with Crippen molar-refractivity contribution >= 4 is 5.97 Å². The van der Waals surface area contributed by atoms with Crippen molar-refractivity contribution in [3.05, 3.63) is 11.6 Å². The van der Waals surface area contributed by atoms with Crippen LogP contribution >= 0.6 is 0 Å². The Balaban J connectivity index is 1.83. The Morgan fingerprint density at radius 2 is 1.71 bits per heavy atom. The second-order valence-corrected chi connectivity index (χ2v) is 5.71. The maximum absolute atomic E-state index is 11.2. The molecule has 0 N–H and O–H groups in total. The molecule has 134 valence electrons. The van der Waals surface area contributed by atoms with E-state index in [4.69, 9.17) is 18.9 Å². The van der Waals surface area contributed by atoms with E-state index in [2.05, 4.69) is 16.6 Å². The molecule has 0 bridgehead atoms. The highest BCUT2D eigenvalue weighted by Gasteiger charge is 2.15. The molecule has 2 heterocycles. The van der Waals surface area contributed by atoms with E-state index in [1.165, 1.54) is 7.11 Å². The largest absolute Gasteiger partial charge is 0.459 e. The summed E-state index contributed by atoms with van der Waals surface area (Å²) in [5.41, 5.74) is 0.672. The highest BCUT2D eigenvalue weighted by Crippen LogP contribution is 2.15. The summed E-state index contributed by atoms with van der Waals surface area (Å²) >= 11 is 0. The molecule has 0 aromatic heterocycles. The third kappa shape index (κ3) is 7.45. The summed E-state index contributed by atoms with van der Waals surface area (Å²) in [7, 11) is 1.30.